The zero-order chi connectivity index (χ0) is 13.5. The van der Waals surface area contributed by atoms with Gasteiger partial charge in [0, 0.05) is 6.92 Å². The van der Waals surface area contributed by atoms with Crippen LogP contribution in [0.1, 0.15) is 17.3 Å². The van der Waals surface area contributed by atoms with Crippen molar-refractivity contribution in [2.24, 2.45) is 0 Å². The molecule has 0 saturated carbocycles. The van der Waals surface area contributed by atoms with Crippen molar-refractivity contribution in [3.05, 3.63) is 29.8 Å². The van der Waals surface area contributed by atoms with E-state index in [2.05, 4.69) is 0 Å². The van der Waals surface area contributed by atoms with Crippen molar-refractivity contribution in [3.8, 4) is 5.75 Å². The summed E-state index contributed by atoms with van der Waals surface area (Å²) < 4.78 is 9.61. The zero-order valence-electron chi connectivity index (χ0n) is 9.83. The Labute approximate surface area is 104 Å². The Morgan fingerprint density at radius 1 is 1.33 bits per heavy atom. The van der Waals surface area contributed by atoms with E-state index < -0.39 is 24.6 Å². The molecule has 6 nitrogen and oxygen atoms in total. The van der Waals surface area contributed by atoms with Gasteiger partial charge in [0.25, 0.3) is 0 Å². The van der Waals surface area contributed by atoms with Gasteiger partial charge < -0.3 is 19.7 Å². The third-order valence-electron chi connectivity index (χ3n) is 1.98. The Hall–Kier alpha value is -1.92. The van der Waals surface area contributed by atoms with E-state index in [1.54, 1.807) is 12.1 Å². The summed E-state index contributed by atoms with van der Waals surface area (Å²) in [6, 6.07) is 6.09. The first-order chi connectivity index (χ1) is 8.54. The first-order valence-corrected chi connectivity index (χ1v) is 5.28. The Bertz CT molecular complexity index is 428. The fraction of sp³-hybridized carbons (Fsp3) is 0.333. The molecule has 2 N–H and O–H groups in total. The van der Waals surface area contributed by atoms with Crippen molar-refractivity contribution in [1.29, 1.82) is 0 Å². The summed E-state index contributed by atoms with van der Waals surface area (Å²) in [4.78, 5) is 22.5. The van der Waals surface area contributed by atoms with E-state index in [0.29, 0.717) is 0 Å². The first-order valence-electron chi connectivity index (χ1n) is 5.28. The van der Waals surface area contributed by atoms with Gasteiger partial charge >= 0.3 is 11.9 Å². The van der Waals surface area contributed by atoms with Crippen LogP contribution < -0.4 is 4.74 Å². The standard InChI is InChI=1S/C12H14O6/c1-8(14)18-11-5-3-2-4-10(11)12(16)17-7-9(15)6-13/h2-5,9,13,15H,6-7H2,1H3. The normalized spacial score (nSPS) is 11.7. The van der Waals surface area contributed by atoms with Crippen LogP contribution in [0.4, 0.5) is 0 Å². The van der Waals surface area contributed by atoms with E-state index in [4.69, 9.17) is 19.7 Å². The quantitative estimate of drug-likeness (QED) is 0.572. The molecule has 0 aliphatic heterocycles. The Balaban J connectivity index is 2.75. The third kappa shape index (κ3) is 4.15. The monoisotopic (exact) mass is 254 g/mol. The van der Waals surface area contributed by atoms with Gasteiger partial charge in [0.1, 0.15) is 24.0 Å². The van der Waals surface area contributed by atoms with Crippen molar-refractivity contribution < 1.29 is 29.3 Å². The number of carbonyl (C=O) groups excluding carboxylic acids is 2. The van der Waals surface area contributed by atoms with E-state index in [-0.39, 0.29) is 17.9 Å². The van der Waals surface area contributed by atoms with E-state index in [0.717, 1.165) is 0 Å². The maximum atomic E-state index is 11.7. The van der Waals surface area contributed by atoms with E-state index in [9.17, 15) is 9.59 Å². The van der Waals surface area contributed by atoms with E-state index >= 15 is 0 Å². The van der Waals surface area contributed by atoms with Crippen LogP contribution in [0.3, 0.4) is 0 Å². The van der Waals surface area contributed by atoms with Crippen molar-refractivity contribution in [2.45, 2.75) is 13.0 Å². The van der Waals surface area contributed by atoms with Crippen LogP contribution in [0.15, 0.2) is 24.3 Å². The molecular weight excluding hydrogens is 240 g/mol. The van der Waals surface area contributed by atoms with Crippen LogP contribution >= 0.6 is 0 Å². The molecule has 1 unspecified atom stereocenters. The average molecular weight is 254 g/mol. The molecule has 0 heterocycles. The summed E-state index contributed by atoms with van der Waals surface area (Å²) in [5.41, 5.74) is 0.0813. The summed E-state index contributed by atoms with van der Waals surface area (Å²) in [7, 11) is 0. The molecule has 0 fully saturated rings. The largest absolute Gasteiger partial charge is 0.459 e. The molecule has 0 spiro atoms. The Kier molecular flexibility index (Phi) is 5.29. The molecule has 18 heavy (non-hydrogen) atoms. The van der Waals surface area contributed by atoms with Gasteiger partial charge in [-0.05, 0) is 12.1 Å². The maximum absolute atomic E-state index is 11.7. The molecule has 0 aromatic heterocycles. The lowest BCUT2D eigenvalue weighted by molar-refractivity contribution is -0.131. The third-order valence-corrected chi connectivity index (χ3v) is 1.98. The first kappa shape index (κ1) is 14.1. The SMILES string of the molecule is CC(=O)Oc1ccccc1C(=O)OCC(O)CO. The average Bonchev–Trinajstić information content (AvgIpc) is 2.35. The lowest BCUT2D eigenvalue weighted by atomic mass is 10.2. The highest BCUT2D eigenvalue weighted by molar-refractivity contribution is 5.93. The fourth-order valence-corrected chi connectivity index (χ4v) is 1.18. The minimum absolute atomic E-state index is 0.0813. The maximum Gasteiger partial charge on any atom is 0.342 e. The van der Waals surface area contributed by atoms with Gasteiger partial charge in [0.15, 0.2) is 0 Å². The molecule has 0 saturated heterocycles. The number of esters is 2. The summed E-state index contributed by atoms with van der Waals surface area (Å²) >= 11 is 0. The number of hydrogen-bond donors (Lipinski definition) is 2. The smallest absolute Gasteiger partial charge is 0.342 e. The van der Waals surface area contributed by atoms with Gasteiger partial charge in [-0.1, -0.05) is 12.1 Å². The number of para-hydroxylation sites is 1. The van der Waals surface area contributed by atoms with Crippen LogP contribution in [-0.4, -0.2) is 41.5 Å². The van der Waals surface area contributed by atoms with Crippen LogP contribution in [0.2, 0.25) is 0 Å². The highest BCUT2D eigenvalue weighted by Crippen LogP contribution is 2.19. The molecular formula is C12H14O6. The molecule has 0 amide bonds. The Morgan fingerprint density at radius 3 is 2.61 bits per heavy atom. The second kappa shape index (κ2) is 6.73. The van der Waals surface area contributed by atoms with Gasteiger partial charge in [0.05, 0.1) is 6.61 Å². The highest BCUT2D eigenvalue weighted by atomic mass is 16.6. The summed E-state index contributed by atoms with van der Waals surface area (Å²) in [5.74, 6) is -1.20. The number of benzene rings is 1. The number of aliphatic hydroxyl groups excluding tert-OH is 2. The molecule has 0 bridgehead atoms. The number of rotatable bonds is 5. The van der Waals surface area contributed by atoms with Gasteiger partial charge in [0.2, 0.25) is 0 Å². The summed E-state index contributed by atoms with van der Waals surface area (Å²) in [5, 5.41) is 17.6. The summed E-state index contributed by atoms with van der Waals surface area (Å²) in [6.45, 7) is 0.389. The van der Waals surface area contributed by atoms with Crippen LogP contribution in [0.25, 0.3) is 0 Å². The van der Waals surface area contributed by atoms with Gasteiger partial charge in [-0.25, -0.2) is 4.79 Å². The molecule has 0 radical (unpaired) electrons. The zero-order valence-corrected chi connectivity index (χ0v) is 9.83. The number of hydrogen-bond acceptors (Lipinski definition) is 6. The van der Waals surface area contributed by atoms with E-state index in [1.807, 2.05) is 0 Å². The molecule has 1 aromatic carbocycles. The van der Waals surface area contributed by atoms with Crippen molar-refractivity contribution in [3.63, 3.8) is 0 Å². The number of aliphatic hydroxyl groups is 2. The highest BCUT2D eigenvalue weighted by Gasteiger charge is 2.16. The molecule has 98 valence electrons. The predicted molar refractivity (Wildman–Crippen MR) is 61.1 cm³/mol. The summed E-state index contributed by atoms with van der Waals surface area (Å²) in [6.07, 6.45) is -1.13. The van der Waals surface area contributed by atoms with Crippen molar-refractivity contribution >= 4 is 11.9 Å². The fourth-order valence-electron chi connectivity index (χ4n) is 1.18. The molecule has 1 aromatic rings. The molecule has 1 atom stereocenters. The Morgan fingerprint density at radius 2 is 2.00 bits per heavy atom. The molecule has 6 heteroatoms. The van der Waals surface area contributed by atoms with Gasteiger partial charge in [-0.3, -0.25) is 4.79 Å². The van der Waals surface area contributed by atoms with Crippen molar-refractivity contribution in [1.82, 2.24) is 0 Å². The number of carbonyl (C=O) groups is 2. The topological polar surface area (TPSA) is 93.1 Å². The lowest BCUT2D eigenvalue weighted by Gasteiger charge is -2.10. The van der Waals surface area contributed by atoms with Crippen molar-refractivity contribution in [2.75, 3.05) is 13.2 Å². The molecule has 0 aliphatic rings. The van der Waals surface area contributed by atoms with Crippen LogP contribution in [-0.2, 0) is 9.53 Å². The molecule has 0 aliphatic carbocycles. The second-order valence-corrected chi connectivity index (χ2v) is 3.52. The van der Waals surface area contributed by atoms with Gasteiger partial charge in [-0.15, -0.1) is 0 Å². The lowest BCUT2D eigenvalue weighted by Crippen LogP contribution is -2.22. The van der Waals surface area contributed by atoms with Crippen LogP contribution in [0, 0.1) is 0 Å². The number of ether oxygens (including phenoxy) is 2. The molecule has 1 rings (SSSR count). The predicted octanol–water partition coefficient (Wildman–Crippen LogP) is 0.122. The van der Waals surface area contributed by atoms with Gasteiger partial charge in [-0.2, -0.15) is 0 Å². The second-order valence-electron chi connectivity index (χ2n) is 3.52. The van der Waals surface area contributed by atoms with E-state index in [1.165, 1.54) is 19.1 Å². The van der Waals surface area contributed by atoms with Crippen LogP contribution in [0.5, 0.6) is 5.75 Å². The minimum Gasteiger partial charge on any atom is -0.459 e. The minimum atomic E-state index is -1.13.